The van der Waals surface area contributed by atoms with Crippen molar-refractivity contribution in [1.29, 1.82) is 0 Å². The number of aromatic nitrogens is 1. The van der Waals surface area contributed by atoms with Crippen LogP contribution in [0.25, 0.3) is 11.1 Å². The third-order valence-corrected chi connectivity index (χ3v) is 5.05. The average Bonchev–Trinajstić information content (AvgIpc) is 2.61. The van der Waals surface area contributed by atoms with E-state index in [0.717, 1.165) is 3.57 Å². The van der Waals surface area contributed by atoms with Crippen molar-refractivity contribution in [2.75, 3.05) is 11.5 Å². The van der Waals surface area contributed by atoms with Crippen LogP contribution >= 0.6 is 22.6 Å². The van der Waals surface area contributed by atoms with Crippen LogP contribution in [-0.4, -0.2) is 24.5 Å². The molecule has 98 valence electrons. The van der Waals surface area contributed by atoms with Gasteiger partial charge in [-0.05, 0) is 40.8 Å². The van der Waals surface area contributed by atoms with Gasteiger partial charge in [-0.2, -0.15) is 0 Å². The van der Waals surface area contributed by atoms with E-state index in [1.165, 1.54) is 4.57 Å². The molecule has 18 heavy (non-hydrogen) atoms. The van der Waals surface area contributed by atoms with E-state index >= 15 is 0 Å². The van der Waals surface area contributed by atoms with Gasteiger partial charge in [0.2, 0.25) is 0 Å². The van der Waals surface area contributed by atoms with Gasteiger partial charge >= 0.3 is 5.76 Å². The minimum absolute atomic E-state index is 0.0516. The molecule has 0 saturated carbocycles. The van der Waals surface area contributed by atoms with E-state index in [4.69, 9.17) is 4.42 Å². The van der Waals surface area contributed by atoms with Gasteiger partial charge in [0, 0.05) is 15.9 Å². The molecule has 0 saturated heterocycles. The maximum atomic E-state index is 11.7. The zero-order chi connectivity index (χ0) is 13.3. The fraction of sp³-hybridized carbons (Fsp3) is 0.364. The predicted molar refractivity (Wildman–Crippen MR) is 77.5 cm³/mol. The molecule has 0 spiro atoms. The summed E-state index contributed by atoms with van der Waals surface area (Å²) in [6, 6.07) is 5.37. The van der Waals surface area contributed by atoms with E-state index in [-0.39, 0.29) is 18.1 Å². The highest BCUT2D eigenvalue weighted by atomic mass is 127. The summed E-state index contributed by atoms with van der Waals surface area (Å²) in [6.07, 6.45) is 0. The molecular formula is C11H12INO4S. The van der Waals surface area contributed by atoms with Crippen LogP contribution in [0, 0.1) is 3.57 Å². The molecule has 0 aliphatic rings. The van der Waals surface area contributed by atoms with Gasteiger partial charge in [0.1, 0.15) is 0 Å². The number of sulfone groups is 1. The molecule has 2 aromatic rings. The molecule has 0 aliphatic heterocycles. The highest BCUT2D eigenvalue weighted by Gasteiger charge is 2.13. The summed E-state index contributed by atoms with van der Waals surface area (Å²) >= 11 is 2.12. The molecular weight excluding hydrogens is 369 g/mol. The van der Waals surface area contributed by atoms with Crippen LogP contribution in [0.2, 0.25) is 0 Å². The first-order chi connectivity index (χ1) is 8.43. The summed E-state index contributed by atoms with van der Waals surface area (Å²) in [4.78, 5) is 11.7. The van der Waals surface area contributed by atoms with Crippen molar-refractivity contribution in [3.05, 3.63) is 32.3 Å². The van der Waals surface area contributed by atoms with Crippen LogP contribution in [-0.2, 0) is 16.4 Å². The molecule has 0 atom stereocenters. The number of halogens is 1. The molecule has 0 aliphatic carbocycles. The number of benzene rings is 1. The van der Waals surface area contributed by atoms with Crippen LogP contribution in [0.1, 0.15) is 6.92 Å². The number of nitrogens with zero attached hydrogens (tertiary/aromatic N) is 1. The zero-order valence-electron chi connectivity index (χ0n) is 9.72. The number of fused-ring (bicyclic) bond motifs is 1. The minimum atomic E-state index is -3.09. The van der Waals surface area contributed by atoms with Gasteiger partial charge in [-0.15, -0.1) is 0 Å². The summed E-state index contributed by atoms with van der Waals surface area (Å²) in [5.74, 6) is -0.488. The third kappa shape index (κ3) is 2.77. The van der Waals surface area contributed by atoms with Crippen molar-refractivity contribution >= 4 is 43.5 Å². The monoisotopic (exact) mass is 381 g/mol. The Kier molecular flexibility index (Phi) is 3.81. The predicted octanol–water partition coefficient (Wildman–Crippen LogP) is 1.63. The molecule has 0 N–H and O–H groups in total. The van der Waals surface area contributed by atoms with E-state index < -0.39 is 15.6 Å². The third-order valence-electron chi connectivity index (χ3n) is 2.70. The van der Waals surface area contributed by atoms with Crippen LogP contribution < -0.4 is 5.76 Å². The second-order valence-electron chi connectivity index (χ2n) is 3.87. The van der Waals surface area contributed by atoms with Crippen molar-refractivity contribution in [3.8, 4) is 0 Å². The second-order valence-corrected chi connectivity index (χ2v) is 7.59. The Hall–Kier alpha value is -0.830. The standard InChI is InChI=1S/C11H12INO4S/c1-2-18(15,16)6-5-13-9-4-3-8(12)7-10(9)17-11(13)14/h3-4,7H,2,5-6H2,1H3. The van der Waals surface area contributed by atoms with E-state index in [1.807, 2.05) is 6.07 Å². The summed E-state index contributed by atoms with van der Waals surface area (Å²) in [5.41, 5.74) is 1.12. The minimum Gasteiger partial charge on any atom is -0.408 e. The SMILES string of the molecule is CCS(=O)(=O)CCn1c(=O)oc2cc(I)ccc21. The van der Waals surface area contributed by atoms with Crippen LogP contribution in [0.15, 0.2) is 27.4 Å². The molecule has 0 radical (unpaired) electrons. The zero-order valence-corrected chi connectivity index (χ0v) is 12.7. The van der Waals surface area contributed by atoms with E-state index in [2.05, 4.69) is 22.6 Å². The van der Waals surface area contributed by atoms with E-state index in [0.29, 0.717) is 11.1 Å². The molecule has 0 amide bonds. The Morgan fingerprint density at radius 2 is 2.11 bits per heavy atom. The molecule has 0 fully saturated rings. The van der Waals surface area contributed by atoms with Gasteiger partial charge in [0.05, 0.1) is 11.3 Å². The summed E-state index contributed by atoms with van der Waals surface area (Å²) in [6.45, 7) is 1.72. The highest BCUT2D eigenvalue weighted by molar-refractivity contribution is 14.1. The lowest BCUT2D eigenvalue weighted by atomic mass is 10.3. The fourth-order valence-corrected chi connectivity index (χ4v) is 2.84. The molecule has 5 nitrogen and oxygen atoms in total. The Morgan fingerprint density at radius 3 is 2.78 bits per heavy atom. The lowest BCUT2D eigenvalue weighted by Gasteiger charge is -2.02. The maximum absolute atomic E-state index is 11.7. The summed E-state index contributed by atoms with van der Waals surface area (Å²) in [7, 11) is -3.09. The Morgan fingerprint density at radius 1 is 1.39 bits per heavy atom. The van der Waals surface area contributed by atoms with Gasteiger partial charge in [-0.3, -0.25) is 4.57 Å². The molecule has 2 rings (SSSR count). The first-order valence-corrected chi connectivity index (χ1v) is 8.32. The number of hydrogen-bond donors (Lipinski definition) is 0. The normalized spacial score (nSPS) is 12.1. The largest absolute Gasteiger partial charge is 0.419 e. The summed E-state index contributed by atoms with van der Waals surface area (Å²) in [5, 5.41) is 0. The number of hydrogen-bond acceptors (Lipinski definition) is 4. The molecule has 1 aromatic carbocycles. The van der Waals surface area contributed by atoms with E-state index in [9.17, 15) is 13.2 Å². The number of aryl methyl sites for hydroxylation is 1. The van der Waals surface area contributed by atoms with E-state index in [1.54, 1.807) is 19.1 Å². The Labute approximate surface area is 118 Å². The van der Waals surface area contributed by atoms with Crippen molar-refractivity contribution in [3.63, 3.8) is 0 Å². The molecule has 0 bridgehead atoms. The average molecular weight is 381 g/mol. The van der Waals surface area contributed by atoms with Crippen LogP contribution in [0.4, 0.5) is 0 Å². The van der Waals surface area contributed by atoms with Crippen molar-refractivity contribution < 1.29 is 12.8 Å². The van der Waals surface area contributed by atoms with Crippen LogP contribution in [0.3, 0.4) is 0 Å². The van der Waals surface area contributed by atoms with Crippen molar-refractivity contribution in [1.82, 2.24) is 4.57 Å². The van der Waals surface area contributed by atoms with Crippen LogP contribution in [0.5, 0.6) is 0 Å². The lowest BCUT2D eigenvalue weighted by Crippen LogP contribution is -2.21. The lowest BCUT2D eigenvalue weighted by molar-refractivity contribution is 0.511. The second kappa shape index (κ2) is 5.04. The Bertz CT molecular complexity index is 729. The van der Waals surface area contributed by atoms with Gasteiger partial charge in [-0.1, -0.05) is 6.92 Å². The molecule has 0 unspecified atom stereocenters. The topological polar surface area (TPSA) is 69.3 Å². The van der Waals surface area contributed by atoms with Crippen molar-refractivity contribution in [2.45, 2.75) is 13.5 Å². The number of rotatable bonds is 4. The van der Waals surface area contributed by atoms with Crippen molar-refractivity contribution in [2.24, 2.45) is 0 Å². The molecule has 7 heteroatoms. The highest BCUT2D eigenvalue weighted by Crippen LogP contribution is 2.16. The number of oxazole rings is 1. The Balaban J connectivity index is 2.40. The quantitative estimate of drug-likeness (QED) is 0.756. The summed E-state index contributed by atoms with van der Waals surface area (Å²) < 4.78 is 30.3. The van der Waals surface area contributed by atoms with Gasteiger partial charge in [0.15, 0.2) is 15.4 Å². The smallest absolute Gasteiger partial charge is 0.408 e. The molecule has 1 aromatic heterocycles. The van der Waals surface area contributed by atoms with Gasteiger partial charge < -0.3 is 4.42 Å². The molecule has 1 heterocycles. The van der Waals surface area contributed by atoms with Gasteiger partial charge in [-0.25, -0.2) is 13.2 Å². The fourth-order valence-electron chi connectivity index (χ4n) is 1.63. The first kappa shape index (κ1) is 13.6. The maximum Gasteiger partial charge on any atom is 0.419 e. The first-order valence-electron chi connectivity index (χ1n) is 5.42. The van der Waals surface area contributed by atoms with Gasteiger partial charge in [0.25, 0.3) is 0 Å².